The van der Waals surface area contributed by atoms with Crippen LogP contribution in [0.3, 0.4) is 0 Å². The molecule has 0 aliphatic carbocycles. The van der Waals surface area contributed by atoms with E-state index in [4.69, 9.17) is 9.47 Å². The fourth-order valence-electron chi connectivity index (χ4n) is 3.33. The van der Waals surface area contributed by atoms with E-state index in [-0.39, 0.29) is 18.3 Å². The number of hydrogen-bond acceptors (Lipinski definition) is 7. The number of likely N-dealkylation sites (tertiary alicyclic amines) is 1. The van der Waals surface area contributed by atoms with Crippen LogP contribution in [0.15, 0.2) is 36.7 Å². The molecule has 1 atom stereocenters. The van der Waals surface area contributed by atoms with E-state index >= 15 is 0 Å². The van der Waals surface area contributed by atoms with Gasteiger partial charge in [-0.05, 0) is 18.4 Å². The van der Waals surface area contributed by atoms with Gasteiger partial charge in [0.1, 0.15) is 24.3 Å². The fraction of sp³-hybridized carbons (Fsp3) is 0.316. The Balaban J connectivity index is 1.54. The van der Waals surface area contributed by atoms with Gasteiger partial charge in [-0.25, -0.2) is 24.5 Å². The van der Waals surface area contributed by atoms with Gasteiger partial charge < -0.3 is 14.5 Å². The van der Waals surface area contributed by atoms with Crippen molar-refractivity contribution in [3.05, 3.63) is 53.7 Å². The molecule has 3 aromatic rings. The molecule has 9 nitrogen and oxygen atoms in total. The molecule has 0 radical (unpaired) electrons. The fourth-order valence-corrected chi connectivity index (χ4v) is 3.33. The van der Waals surface area contributed by atoms with Gasteiger partial charge in [-0.1, -0.05) is 30.3 Å². The number of H-pyrrole nitrogens is 1. The predicted molar refractivity (Wildman–Crippen MR) is 98.3 cm³/mol. The zero-order chi connectivity index (χ0) is 19.5. The lowest BCUT2D eigenvalue weighted by atomic mass is 10.2. The number of esters is 1. The average Bonchev–Trinajstić information content (AvgIpc) is 3.38. The topological polar surface area (TPSA) is 110 Å². The number of imidazole rings is 1. The first-order chi connectivity index (χ1) is 13.7. The largest absolute Gasteiger partial charge is 0.464 e. The van der Waals surface area contributed by atoms with Crippen molar-refractivity contribution in [2.24, 2.45) is 0 Å². The molecule has 144 valence electrons. The van der Waals surface area contributed by atoms with Gasteiger partial charge in [0.15, 0.2) is 11.3 Å². The maximum Gasteiger partial charge on any atom is 0.410 e. The van der Waals surface area contributed by atoms with E-state index in [1.54, 1.807) is 4.90 Å². The van der Waals surface area contributed by atoms with Crippen LogP contribution in [0.4, 0.5) is 4.79 Å². The van der Waals surface area contributed by atoms with Crippen LogP contribution in [0, 0.1) is 0 Å². The minimum absolute atomic E-state index is 0.113. The second-order valence-corrected chi connectivity index (χ2v) is 6.43. The zero-order valence-corrected chi connectivity index (χ0v) is 15.3. The van der Waals surface area contributed by atoms with Gasteiger partial charge in [0.05, 0.1) is 13.2 Å². The van der Waals surface area contributed by atoms with Gasteiger partial charge in [0.25, 0.3) is 0 Å². The highest BCUT2D eigenvalue weighted by Gasteiger charge is 2.34. The monoisotopic (exact) mass is 381 g/mol. The summed E-state index contributed by atoms with van der Waals surface area (Å²) in [4.78, 5) is 41.8. The molecule has 0 bridgehead atoms. The number of hydrogen-bond donors (Lipinski definition) is 1. The number of aromatic nitrogens is 4. The summed E-state index contributed by atoms with van der Waals surface area (Å²) in [6, 6.07) is 9.24. The van der Waals surface area contributed by atoms with Gasteiger partial charge in [0, 0.05) is 6.54 Å². The minimum Gasteiger partial charge on any atom is -0.464 e. The first-order valence-electron chi connectivity index (χ1n) is 8.93. The van der Waals surface area contributed by atoms with Crippen molar-refractivity contribution in [2.75, 3.05) is 13.7 Å². The normalized spacial score (nSPS) is 16.3. The van der Waals surface area contributed by atoms with Crippen LogP contribution >= 0.6 is 0 Å². The molecule has 1 saturated heterocycles. The van der Waals surface area contributed by atoms with Crippen molar-refractivity contribution in [1.29, 1.82) is 0 Å². The van der Waals surface area contributed by atoms with E-state index in [0.717, 1.165) is 18.4 Å². The van der Waals surface area contributed by atoms with Gasteiger partial charge in [-0.3, -0.25) is 4.90 Å². The molecule has 1 amide bonds. The molecule has 1 aliphatic heterocycles. The predicted octanol–water partition coefficient (Wildman–Crippen LogP) is 2.61. The maximum atomic E-state index is 12.6. The van der Waals surface area contributed by atoms with Crippen LogP contribution in [0.1, 0.15) is 40.8 Å². The van der Waals surface area contributed by atoms with Crippen molar-refractivity contribution in [3.63, 3.8) is 0 Å². The second kappa shape index (κ2) is 7.63. The third-order valence-electron chi connectivity index (χ3n) is 4.69. The lowest BCUT2D eigenvalue weighted by Crippen LogP contribution is -2.31. The number of ether oxygens (including phenoxy) is 2. The number of aromatic amines is 1. The van der Waals surface area contributed by atoms with E-state index < -0.39 is 12.1 Å². The van der Waals surface area contributed by atoms with Crippen molar-refractivity contribution >= 4 is 23.2 Å². The van der Waals surface area contributed by atoms with Crippen molar-refractivity contribution in [3.8, 4) is 0 Å². The Kier molecular flexibility index (Phi) is 4.88. The lowest BCUT2D eigenvalue weighted by Gasteiger charge is -2.22. The van der Waals surface area contributed by atoms with Crippen molar-refractivity contribution < 1.29 is 19.1 Å². The smallest absolute Gasteiger partial charge is 0.410 e. The van der Waals surface area contributed by atoms with Crippen LogP contribution in [0.2, 0.25) is 0 Å². The lowest BCUT2D eigenvalue weighted by molar-refractivity contribution is 0.0596. The number of amides is 1. The molecule has 0 spiro atoms. The van der Waals surface area contributed by atoms with Gasteiger partial charge in [-0.15, -0.1) is 0 Å². The molecule has 3 heterocycles. The number of methoxy groups -OCH3 is 1. The summed E-state index contributed by atoms with van der Waals surface area (Å²) in [6.07, 6.45) is 2.43. The first-order valence-corrected chi connectivity index (χ1v) is 8.93. The minimum atomic E-state index is -0.576. The van der Waals surface area contributed by atoms with Crippen LogP contribution < -0.4 is 0 Å². The summed E-state index contributed by atoms with van der Waals surface area (Å²) in [5, 5.41) is 0. The Bertz CT molecular complexity index is 1000. The van der Waals surface area contributed by atoms with Gasteiger partial charge in [-0.2, -0.15) is 0 Å². The highest BCUT2D eigenvalue weighted by molar-refractivity contribution is 5.98. The first kappa shape index (κ1) is 17.9. The third-order valence-corrected chi connectivity index (χ3v) is 4.69. The number of carbonyl (C=O) groups excluding carboxylic acids is 2. The summed E-state index contributed by atoms with van der Waals surface area (Å²) in [7, 11) is 1.29. The van der Waals surface area contributed by atoms with Gasteiger partial charge in [0.2, 0.25) is 0 Å². The summed E-state index contributed by atoms with van der Waals surface area (Å²) in [6.45, 7) is 0.784. The highest BCUT2D eigenvalue weighted by atomic mass is 16.6. The summed E-state index contributed by atoms with van der Waals surface area (Å²) >= 11 is 0. The molecule has 0 saturated carbocycles. The van der Waals surface area contributed by atoms with E-state index in [9.17, 15) is 9.59 Å². The Hall–Kier alpha value is -3.49. The molecule has 28 heavy (non-hydrogen) atoms. The standard InChI is InChI=1S/C19H19N5O4/c1-27-18(25)15-14-17(21-11-20-15)23-16(22-14)13-8-5-9-24(13)19(26)28-10-12-6-3-2-4-7-12/h2-4,6-7,11,13H,5,8-10H2,1H3,(H,20,21,22,23)/t13-/m1/s1. The average molecular weight is 381 g/mol. The number of fused-ring (bicyclic) bond motifs is 1. The molecule has 1 fully saturated rings. The zero-order valence-electron chi connectivity index (χ0n) is 15.3. The molecule has 2 aromatic heterocycles. The van der Waals surface area contributed by atoms with Crippen molar-refractivity contribution in [2.45, 2.75) is 25.5 Å². The molecule has 0 unspecified atom stereocenters. The molecular weight excluding hydrogens is 362 g/mol. The molecule has 1 aromatic carbocycles. The molecule has 4 rings (SSSR count). The van der Waals surface area contributed by atoms with E-state index in [0.29, 0.717) is 23.5 Å². The summed E-state index contributed by atoms with van der Waals surface area (Å²) in [5.74, 6) is -0.0250. The SMILES string of the molecule is COC(=O)c1ncnc2nc([C@H]3CCCN3C(=O)OCc3ccccc3)[nH]c12. The second-order valence-electron chi connectivity index (χ2n) is 6.43. The Labute approximate surface area is 160 Å². The van der Waals surface area contributed by atoms with E-state index in [2.05, 4.69) is 19.9 Å². The number of nitrogens with zero attached hydrogens (tertiary/aromatic N) is 4. The third kappa shape index (κ3) is 3.38. The molecular formula is C19H19N5O4. The Morgan fingerprint density at radius 3 is 2.86 bits per heavy atom. The van der Waals surface area contributed by atoms with Crippen LogP contribution in [0.25, 0.3) is 11.2 Å². The number of carbonyl (C=O) groups is 2. The van der Waals surface area contributed by atoms with E-state index in [1.807, 2.05) is 30.3 Å². The molecule has 1 aliphatic rings. The maximum absolute atomic E-state index is 12.6. The molecule has 9 heteroatoms. The van der Waals surface area contributed by atoms with Crippen molar-refractivity contribution in [1.82, 2.24) is 24.8 Å². The van der Waals surface area contributed by atoms with E-state index in [1.165, 1.54) is 13.4 Å². The number of rotatable bonds is 4. The Morgan fingerprint density at radius 2 is 2.07 bits per heavy atom. The number of nitrogens with one attached hydrogen (secondary N) is 1. The van der Waals surface area contributed by atoms with Gasteiger partial charge >= 0.3 is 12.1 Å². The Morgan fingerprint density at radius 1 is 1.25 bits per heavy atom. The molecule has 1 N–H and O–H groups in total. The number of benzene rings is 1. The highest BCUT2D eigenvalue weighted by Crippen LogP contribution is 2.32. The van der Waals surface area contributed by atoms with Crippen LogP contribution in [-0.4, -0.2) is 50.6 Å². The van der Waals surface area contributed by atoms with Crippen LogP contribution in [-0.2, 0) is 16.1 Å². The summed E-state index contributed by atoms with van der Waals surface area (Å²) in [5.41, 5.74) is 1.79. The van der Waals surface area contributed by atoms with Crippen LogP contribution in [0.5, 0.6) is 0 Å². The summed E-state index contributed by atoms with van der Waals surface area (Å²) < 4.78 is 10.2. The quantitative estimate of drug-likeness (QED) is 0.692.